The maximum Gasteiger partial charge on any atom is 0.488 e. The summed E-state index contributed by atoms with van der Waals surface area (Å²) < 4.78 is 12.0. The molecule has 1 spiro atoms. The van der Waals surface area contributed by atoms with E-state index in [2.05, 4.69) is 0 Å². The first-order valence-electron chi connectivity index (χ1n) is 7.85. The minimum Gasteiger partial charge on any atom is -0.491 e. The van der Waals surface area contributed by atoms with Gasteiger partial charge in [0.1, 0.15) is 12.4 Å². The molecule has 1 heterocycles. The van der Waals surface area contributed by atoms with E-state index in [1.54, 1.807) is 12.1 Å². The van der Waals surface area contributed by atoms with Gasteiger partial charge in [-0.2, -0.15) is 0 Å². The molecule has 1 aliphatic carbocycles. The van der Waals surface area contributed by atoms with Gasteiger partial charge in [-0.25, -0.2) is 0 Å². The lowest BCUT2D eigenvalue weighted by atomic mass is 9.77. The van der Waals surface area contributed by atoms with Crippen LogP contribution in [0.15, 0.2) is 18.2 Å². The van der Waals surface area contributed by atoms with E-state index in [1.165, 1.54) is 25.7 Å². The molecule has 4 nitrogen and oxygen atoms in total. The van der Waals surface area contributed by atoms with Crippen molar-refractivity contribution in [3.05, 3.63) is 23.8 Å². The molecule has 2 N–H and O–H groups in total. The number of benzene rings is 1. The second kappa shape index (κ2) is 5.99. The van der Waals surface area contributed by atoms with E-state index in [4.69, 9.17) is 9.47 Å². The van der Waals surface area contributed by atoms with Crippen LogP contribution < -0.4 is 10.2 Å². The molecule has 3 rings (SSSR count). The van der Waals surface area contributed by atoms with Gasteiger partial charge in [0.2, 0.25) is 0 Å². The second-order valence-electron chi connectivity index (χ2n) is 6.37. The van der Waals surface area contributed by atoms with E-state index in [-0.39, 0.29) is 11.7 Å². The fourth-order valence-electron chi connectivity index (χ4n) is 3.62. The van der Waals surface area contributed by atoms with Crippen LogP contribution >= 0.6 is 0 Å². The maximum atomic E-state index is 9.21. The molecule has 0 bridgehead atoms. The van der Waals surface area contributed by atoms with E-state index >= 15 is 0 Å². The van der Waals surface area contributed by atoms with Crippen LogP contribution in [0.4, 0.5) is 0 Å². The van der Waals surface area contributed by atoms with Gasteiger partial charge in [-0.1, -0.05) is 18.9 Å². The zero-order chi connectivity index (χ0) is 14.9. The Kier molecular flexibility index (Phi) is 4.25. The second-order valence-corrected chi connectivity index (χ2v) is 6.37. The fraction of sp³-hybridized carbons (Fsp3) is 0.625. The third-order valence-electron chi connectivity index (χ3n) is 4.81. The van der Waals surface area contributed by atoms with Crippen LogP contribution in [0.5, 0.6) is 5.75 Å². The van der Waals surface area contributed by atoms with Crippen molar-refractivity contribution in [2.75, 3.05) is 6.61 Å². The van der Waals surface area contributed by atoms with Crippen molar-refractivity contribution in [1.29, 1.82) is 0 Å². The van der Waals surface area contributed by atoms with Crippen molar-refractivity contribution in [2.45, 2.75) is 57.2 Å². The minimum atomic E-state index is -1.43. The van der Waals surface area contributed by atoms with Crippen molar-refractivity contribution in [1.82, 2.24) is 0 Å². The van der Waals surface area contributed by atoms with E-state index in [9.17, 15) is 10.0 Å². The molecule has 1 saturated heterocycles. The summed E-state index contributed by atoms with van der Waals surface area (Å²) in [6, 6.07) is 5.32. The van der Waals surface area contributed by atoms with Crippen LogP contribution in [0.2, 0.25) is 0 Å². The van der Waals surface area contributed by atoms with Crippen LogP contribution in [-0.4, -0.2) is 35.5 Å². The third-order valence-corrected chi connectivity index (χ3v) is 4.81. The number of rotatable bonds is 4. The molecule has 0 amide bonds. The SMILES string of the molecule is Cc1cc(OCC2CCC3(CCCC3)O2)ccc1B(O)O. The van der Waals surface area contributed by atoms with Gasteiger partial charge in [-0.05, 0) is 55.8 Å². The first kappa shape index (κ1) is 14.9. The number of aryl methyl sites for hydroxylation is 1. The molecule has 1 unspecified atom stereocenters. The highest BCUT2D eigenvalue weighted by Crippen LogP contribution is 2.43. The minimum absolute atomic E-state index is 0.148. The zero-order valence-electron chi connectivity index (χ0n) is 12.5. The summed E-state index contributed by atoms with van der Waals surface area (Å²) in [6.07, 6.45) is 7.40. The van der Waals surface area contributed by atoms with E-state index in [0.717, 1.165) is 24.2 Å². The Morgan fingerprint density at radius 2 is 2.05 bits per heavy atom. The average Bonchev–Trinajstić information content (AvgIpc) is 3.07. The molecule has 0 radical (unpaired) electrons. The average molecular weight is 290 g/mol. The Morgan fingerprint density at radius 3 is 2.71 bits per heavy atom. The van der Waals surface area contributed by atoms with Gasteiger partial charge in [0, 0.05) is 0 Å². The summed E-state index contributed by atoms with van der Waals surface area (Å²) in [5.41, 5.74) is 1.49. The Morgan fingerprint density at radius 1 is 1.29 bits per heavy atom. The van der Waals surface area contributed by atoms with Gasteiger partial charge in [0.15, 0.2) is 0 Å². The lowest BCUT2D eigenvalue weighted by Gasteiger charge is -2.23. The molecular weight excluding hydrogens is 267 g/mol. The summed E-state index contributed by atoms with van der Waals surface area (Å²) in [5, 5.41) is 18.4. The predicted octanol–water partition coefficient (Wildman–Crippen LogP) is 1.55. The van der Waals surface area contributed by atoms with Crippen LogP contribution in [0.25, 0.3) is 0 Å². The van der Waals surface area contributed by atoms with E-state index in [0.29, 0.717) is 12.1 Å². The van der Waals surface area contributed by atoms with E-state index < -0.39 is 7.12 Å². The molecule has 0 aromatic heterocycles. The Labute approximate surface area is 126 Å². The van der Waals surface area contributed by atoms with Gasteiger partial charge in [-0.15, -0.1) is 0 Å². The summed E-state index contributed by atoms with van der Waals surface area (Å²) >= 11 is 0. The van der Waals surface area contributed by atoms with Crippen LogP contribution in [0.3, 0.4) is 0 Å². The summed E-state index contributed by atoms with van der Waals surface area (Å²) in [7, 11) is -1.43. The smallest absolute Gasteiger partial charge is 0.488 e. The Balaban J connectivity index is 1.55. The Hall–Kier alpha value is -1.04. The van der Waals surface area contributed by atoms with Crippen molar-refractivity contribution >= 4 is 12.6 Å². The topological polar surface area (TPSA) is 58.9 Å². The molecule has 1 aromatic carbocycles. The molecule has 1 saturated carbocycles. The van der Waals surface area contributed by atoms with E-state index in [1.807, 2.05) is 13.0 Å². The van der Waals surface area contributed by atoms with Crippen molar-refractivity contribution < 1.29 is 19.5 Å². The van der Waals surface area contributed by atoms with Crippen LogP contribution in [-0.2, 0) is 4.74 Å². The predicted molar refractivity (Wildman–Crippen MR) is 81.8 cm³/mol. The molecule has 1 aliphatic heterocycles. The third kappa shape index (κ3) is 3.25. The van der Waals surface area contributed by atoms with Crippen LogP contribution in [0, 0.1) is 6.92 Å². The number of ether oxygens (including phenoxy) is 2. The van der Waals surface area contributed by atoms with Crippen molar-refractivity contribution in [3.8, 4) is 5.75 Å². The first-order valence-corrected chi connectivity index (χ1v) is 7.85. The molecular formula is C16H23BO4. The highest BCUT2D eigenvalue weighted by Gasteiger charge is 2.42. The van der Waals surface area contributed by atoms with Crippen molar-refractivity contribution in [3.63, 3.8) is 0 Å². The quantitative estimate of drug-likeness (QED) is 0.826. The first-order chi connectivity index (χ1) is 10.1. The highest BCUT2D eigenvalue weighted by atomic mass is 16.6. The molecule has 2 fully saturated rings. The normalized spacial score (nSPS) is 23.7. The van der Waals surface area contributed by atoms with Crippen LogP contribution in [0.1, 0.15) is 44.1 Å². The largest absolute Gasteiger partial charge is 0.491 e. The summed E-state index contributed by atoms with van der Waals surface area (Å²) in [5.74, 6) is 0.757. The Bertz CT molecular complexity index is 497. The van der Waals surface area contributed by atoms with Gasteiger partial charge < -0.3 is 19.5 Å². The van der Waals surface area contributed by atoms with Crippen molar-refractivity contribution in [2.24, 2.45) is 0 Å². The fourth-order valence-corrected chi connectivity index (χ4v) is 3.62. The standard InChI is InChI=1S/C16H23BO4/c1-12-10-13(4-5-15(12)17(18)19)20-11-14-6-9-16(21-14)7-2-3-8-16/h4-5,10,14,18-19H,2-3,6-9,11H2,1H3. The number of hydrogen-bond acceptors (Lipinski definition) is 4. The number of hydrogen-bond donors (Lipinski definition) is 2. The van der Waals surface area contributed by atoms with Gasteiger partial charge in [0.05, 0.1) is 11.7 Å². The molecule has 2 aliphatic rings. The monoisotopic (exact) mass is 290 g/mol. The maximum absolute atomic E-state index is 9.21. The molecule has 5 heteroatoms. The summed E-state index contributed by atoms with van der Waals surface area (Å²) in [4.78, 5) is 0. The lowest BCUT2D eigenvalue weighted by molar-refractivity contribution is -0.0508. The molecule has 1 atom stereocenters. The summed E-state index contributed by atoms with van der Waals surface area (Å²) in [6.45, 7) is 2.42. The lowest BCUT2D eigenvalue weighted by Crippen LogP contribution is -2.32. The van der Waals surface area contributed by atoms with Gasteiger partial charge in [0.25, 0.3) is 0 Å². The molecule has 21 heavy (non-hydrogen) atoms. The zero-order valence-corrected chi connectivity index (χ0v) is 12.5. The van der Waals surface area contributed by atoms with Gasteiger partial charge in [-0.3, -0.25) is 0 Å². The van der Waals surface area contributed by atoms with Gasteiger partial charge >= 0.3 is 7.12 Å². The highest BCUT2D eigenvalue weighted by molar-refractivity contribution is 6.59. The molecule has 1 aromatic rings. The molecule has 114 valence electrons.